The highest BCUT2D eigenvalue weighted by Crippen LogP contribution is 2.42. The van der Waals surface area contributed by atoms with Crippen molar-refractivity contribution in [2.75, 3.05) is 0 Å². The molecule has 2 amide bonds. The van der Waals surface area contributed by atoms with Crippen LogP contribution in [0, 0.1) is 5.92 Å². The van der Waals surface area contributed by atoms with E-state index in [2.05, 4.69) is 4.98 Å². The molecule has 0 bridgehead atoms. The number of pyridine rings is 1. The summed E-state index contributed by atoms with van der Waals surface area (Å²) >= 11 is 0. The quantitative estimate of drug-likeness (QED) is 0.638. The van der Waals surface area contributed by atoms with E-state index in [1.807, 2.05) is 13.0 Å². The Morgan fingerprint density at radius 2 is 1.97 bits per heavy atom. The van der Waals surface area contributed by atoms with Gasteiger partial charge in [-0.05, 0) is 54.2 Å². The number of carbonyl (C=O) groups excluding carboxylic acids is 2. The molecule has 4 rings (SSSR count). The number of hydrogen-bond donors (Lipinski definition) is 1. The number of aryl methyl sites for hydroxylation is 1. The van der Waals surface area contributed by atoms with Crippen molar-refractivity contribution < 1.29 is 33.4 Å². The first-order chi connectivity index (χ1) is 15.6. The second-order valence-electron chi connectivity index (χ2n) is 8.55. The number of β-lactam (4-membered cyclic amide) rings is 1. The van der Waals surface area contributed by atoms with Crippen LogP contribution in [0.5, 0.6) is 11.5 Å². The van der Waals surface area contributed by atoms with Crippen LogP contribution in [0.4, 0.5) is 4.39 Å². The Labute approximate surface area is 190 Å². The molecule has 1 aromatic heterocycles. The van der Waals surface area contributed by atoms with E-state index in [9.17, 15) is 23.9 Å². The minimum Gasteiger partial charge on any atom is -0.480 e. The van der Waals surface area contributed by atoms with Crippen molar-refractivity contribution in [1.82, 2.24) is 9.88 Å². The molecule has 3 heterocycles. The lowest BCUT2D eigenvalue weighted by Gasteiger charge is -2.43. The highest BCUT2D eigenvalue weighted by atomic mass is 19.2. The molecule has 1 aromatic carbocycles. The molecule has 2 aromatic rings. The third kappa shape index (κ3) is 4.40. The van der Waals surface area contributed by atoms with Gasteiger partial charge in [-0.15, -0.1) is 0 Å². The smallest absolute Gasteiger partial charge is 0.404 e. The monoisotopic (exact) mass is 456 g/mol. The van der Waals surface area contributed by atoms with Crippen LogP contribution in [0.15, 0.2) is 36.5 Å². The number of carboxylic acid groups (broad SMARTS) is 1. The van der Waals surface area contributed by atoms with E-state index in [1.165, 1.54) is 0 Å². The van der Waals surface area contributed by atoms with Crippen molar-refractivity contribution in [3.05, 3.63) is 53.3 Å². The predicted molar refractivity (Wildman–Crippen MR) is 114 cm³/mol. The molecule has 0 spiro atoms. The zero-order chi connectivity index (χ0) is 23.9. The summed E-state index contributed by atoms with van der Waals surface area (Å²) in [7, 11) is 0. The number of ether oxygens (including phenoxy) is 2. The van der Waals surface area contributed by atoms with Crippen molar-refractivity contribution >= 4 is 17.8 Å². The fourth-order valence-corrected chi connectivity index (χ4v) is 4.30. The molecule has 0 saturated carbocycles. The summed E-state index contributed by atoms with van der Waals surface area (Å²) in [6.45, 7) is 4.87. The van der Waals surface area contributed by atoms with Crippen LogP contribution >= 0.6 is 0 Å². The minimum absolute atomic E-state index is 0.0793. The standard InChI is InChI=1S/C24H25FN2O6/c1-4-16-10-14(7-8-26-16)11-17-21(23(30)31)27(22(17)29)20(28)9-13(2)15-5-6-18-19(12-15)33-24(3,25)32-18/h5-8,10,12-13,17,21H,4,9,11H2,1-3H3,(H,30,31)/t13-,17+,21-,24?/m0/s1. The number of amides is 2. The van der Waals surface area contributed by atoms with E-state index in [4.69, 9.17) is 9.47 Å². The van der Waals surface area contributed by atoms with Crippen LogP contribution in [0.1, 0.15) is 49.9 Å². The Morgan fingerprint density at radius 1 is 1.24 bits per heavy atom. The number of nitrogens with zero attached hydrogens (tertiary/aromatic N) is 2. The normalized spacial score (nSPS) is 24.4. The number of aliphatic carboxylic acids is 1. The van der Waals surface area contributed by atoms with Crippen LogP contribution in [-0.4, -0.2) is 44.9 Å². The highest BCUT2D eigenvalue weighted by Gasteiger charge is 2.54. The Kier molecular flexibility index (Phi) is 5.82. The molecule has 0 radical (unpaired) electrons. The van der Waals surface area contributed by atoms with Crippen molar-refractivity contribution in [2.24, 2.45) is 5.92 Å². The number of benzene rings is 1. The average molecular weight is 456 g/mol. The lowest BCUT2D eigenvalue weighted by Crippen LogP contribution is -2.66. The fraction of sp³-hybridized carbons (Fsp3) is 0.417. The summed E-state index contributed by atoms with van der Waals surface area (Å²) in [5, 5.41) is 9.70. The lowest BCUT2D eigenvalue weighted by molar-refractivity contribution is -0.177. The SMILES string of the molecule is CCc1cc(C[C@H]2C(=O)N(C(=O)C[C@H](C)c3ccc4c(c3)OC(C)(F)O4)[C@@H]2C(=O)O)ccn1. The maximum absolute atomic E-state index is 13.9. The number of fused-ring (bicyclic) bond motifs is 1. The minimum atomic E-state index is -2.25. The third-order valence-electron chi connectivity index (χ3n) is 6.04. The summed E-state index contributed by atoms with van der Waals surface area (Å²) in [6.07, 6.45) is 2.51. The average Bonchev–Trinajstić information content (AvgIpc) is 3.07. The second-order valence-corrected chi connectivity index (χ2v) is 8.55. The number of hydrogen-bond acceptors (Lipinski definition) is 6. The first-order valence-electron chi connectivity index (χ1n) is 10.8. The Bertz CT molecular complexity index is 1120. The predicted octanol–water partition coefficient (Wildman–Crippen LogP) is 3.23. The van der Waals surface area contributed by atoms with Gasteiger partial charge in [-0.25, -0.2) is 4.79 Å². The molecule has 0 aliphatic carbocycles. The van der Waals surface area contributed by atoms with Crippen LogP contribution in [0.3, 0.4) is 0 Å². The first-order valence-corrected chi connectivity index (χ1v) is 10.8. The number of aromatic nitrogens is 1. The molecule has 1 saturated heterocycles. The Balaban J connectivity index is 1.44. The number of rotatable bonds is 7. The van der Waals surface area contributed by atoms with Gasteiger partial charge in [-0.3, -0.25) is 19.5 Å². The molecule has 2 aliphatic heterocycles. The second kappa shape index (κ2) is 8.46. The van der Waals surface area contributed by atoms with E-state index in [1.54, 1.807) is 37.4 Å². The van der Waals surface area contributed by atoms with Crippen molar-refractivity contribution in [2.45, 2.75) is 58.0 Å². The number of imide groups is 1. The highest BCUT2D eigenvalue weighted by molar-refractivity contribution is 6.08. The van der Waals surface area contributed by atoms with Gasteiger partial charge in [0.1, 0.15) is 6.04 Å². The van der Waals surface area contributed by atoms with Gasteiger partial charge in [-0.1, -0.05) is 19.9 Å². The van der Waals surface area contributed by atoms with Gasteiger partial charge in [0, 0.05) is 25.2 Å². The molecule has 1 N–H and O–H groups in total. The Morgan fingerprint density at radius 3 is 2.67 bits per heavy atom. The summed E-state index contributed by atoms with van der Waals surface area (Å²) < 4.78 is 24.0. The van der Waals surface area contributed by atoms with Crippen LogP contribution in [0.2, 0.25) is 0 Å². The molecule has 9 heteroatoms. The number of carboxylic acids is 1. The maximum Gasteiger partial charge on any atom is 0.404 e. The molecule has 8 nitrogen and oxygen atoms in total. The summed E-state index contributed by atoms with van der Waals surface area (Å²) in [6, 6.07) is 4.97. The topological polar surface area (TPSA) is 106 Å². The van der Waals surface area contributed by atoms with E-state index in [0.717, 1.165) is 29.5 Å². The van der Waals surface area contributed by atoms with Crippen LogP contribution < -0.4 is 9.47 Å². The first kappa shape index (κ1) is 22.7. The van der Waals surface area contributed by atoms with Gasteiger partial charge in [0.25, 0.3) is 0 Å². The number of likely N-dealkylation sites (tertiary alicyclic amines) is 1. The molecule has 33 heavy (non-hydrogen) atoms. The van der Waals surface area contributed by atoms with E-state index in [0.29, 0.717) is 5.56 Å². The van der Waals surface area contributed by atoms with Gasteiger partial charge in [0.15, 0.2) is 11.5 Å². The third-order valence-corrected chi connectivity index (χ3v) is 6.04. The van der Waals surface area contributed by atoms with Crippen molar-refractivity contribution in [3.63, 3.8) is 0 Å². The number of halogens is 1. The molecule has 4 atom stereocenters. The zero-order valence-corrected chi connectivity index (χ0v) is 18.6. The number of carbonyl (C=O) groups is 3. The molecule has 174 valence electrons. The zero-order valence-electron chi connectivity index (χ0n) is 18.6. The summed E-state index contributed by atoms with van der Waals surface area (Å²) in [5.74, 6) is -2.94. The summed E-state index contributed by atoms with van der Waals surface area (Å²) in [4.78, 5) is 42.6. The molecule has 2 aliphatic rings. The van der Waals surface area contributed by atoms with E-state index >= 15 is 0 Å². The fourth-order valence-electron chi connectivity index (χ4n) is 4.30. The van der Waals surface area contributed by atoms with E-state index < -0.39 is 35.8 Å². The van der Waals surface area contributed by atoms with Crippen LogP contribution in [-0.2, 0) is 27.2 Å². The van der Waals surface area contributed by atoms with Gasteiger partial charge < -0.3 is 14.6 Å². The van der Waals surface area contributed by atoms with Gasteiger partial charge in [-0.2, -0.15) is 4.39 Å². The molecule has 1 fully saturated rings. The van der Waals surface area contributed by atoms with Gasteiger partial charge in [0.2, 0.25) is 11.8 Å². The summed E-state index contributed by atoms with van der Waals surface area (Å²) in [5.41, 5.74) is 2.35. The largest absolute Gasteiger partial charge is 0.480 e. The molecular weight excluding hydrogens is 431 g/mol. The van der Waals surface area contributed by atoms with Gasteiger partial charge >= 0.3 is 12.0 Å². The maximum atomic E-state index is 13.9. The lowest BCUT2D eigenvalue weighted by atomic mass is 9.81. The van der Waals surface area contributed by atoms with Crippen LogP contribution in [0.25, 0.3) is 0 Å². The van der Waals surface area contributed by atoms with E-state index in [-0.39, 0.29) is 30.3 Å². The molecule has 1 unspecified atom stereocenters. The van der Waals surface area contributed by atoms with Gasteiger partial charge in [0.05, 0.1) is 5.92 Å². The Hall–Kier alpha value is -3.49. The van der Waals surface area contributed by atoms with Crippen molar-refractivity contribution in [1.29, 1.82) is 0 Å². The number of alkyl halides is 1. The van der Waals surface area contributed by atoms with Crippen molar-refractivity contribution in [3.8, 4) is 11.5 Å². The molecular formula is C24H25FN2O6.